The van der Waals surface area contributed by atoms with Crippen LogP contribution in [0.1, 0.15) is 39.5 Å². The summed E-state index contributed by atoms with van der Waals surface area (Å²) in [5, 5.41) is 10.1. The van der Waals surface area contributed by atoms with Gasteiger partial charge in [-0.2, -0.15) is 0 Å². The lowest BCUT2D eigenvalue weighted by Gasteiger charge is -2.45. The molecule has 94 valence electrons. The lowest BCUT2D eigenvalue weighted by Crippen LogP contribution is -2.57. The third-order valence-corrected chi connectivity index (χ3v) is 4.37. The predicted molar refractivity (Wildman–Crippen MR) is 66.5 cm³/mol. The molecule has 3 unspecified atom stereocenters. The summed E-state index contributed by atoms with van der Waals surface area (Å²) in [6.45, 7) is 9.14. The highest BCUT2D eigenvalue weighted by Crippen LogP contribution is 2.25. The molecule has 1 heterocycles. The van der Waals surface area contributed by atoms with E-state index in [1.54, 1.807) is 0 Å². The first-order valence-electron chi connectivity index (χ1n) is 6.88. The average molecular weight is 226 g/mol. The maximum Gasteiger partial charge on any atom is 0.0695 e. The fourth-order valence-corrected chi connectivity index (χ4v) is 3.31. The number of piperazine rings is 1. The first-order chi connectivity index (χ1) is 7.72. The molecule has 1 aliphatic carbocycles. The quantitative estimate of drug-likeness (QED) is 0.769. The van der Waals surface area contributed by atoms with E-state index in [0.717, 1.165) is 26.1 Å². The minimum Gasteiger partial charge on any atom is -0.391 e. The van der Waals surface area contributed by atoms with Gasteiger partial charge < -0.3 is 5.11 Å². The van der Waals surface area contributed by atoms with E-state index in [2.05, 4.69) is 23.6 Å². The standard InChI is InChI=1S/C13H26N2O/c1-3-14-8-9-15(10-11(14)2)12-6-4-5-7-13(12)16/h11-13,16H,3-10H2,1-2H3. The summed E-state index contributed by atoms with van der Waals surface area (Å²) in [6, 6.07) is 1.09. The van der Waals surface area contributed by atoms with Crippen LogP contribution in [-0.4, -0.2) is 59.3 Å². The molecule has 0 bridgehead atoms. The molecule has 3 atom stereocenters. The summed E-state index contributed by atoms with van der Waals surface area (Å²) in [5.74, 6) is 0. The number of likely N-dealkylation sites (N-methyl/N-ethyl adjacent to an activating group) is 1. The second-order valence-corrected chi connectivity index (χ2v) is 5.39. The highest BCUT2D eigenvalue weighted by atomic mass is 16.3. The molecule has 16 heavy (non-hydrogen) atoms. The van der Waals surface area contributed by atoms with E-state index in [9.17, 15) is 5.11 Å². The molecule has 2 fully saturated rings. The zero-order valence-corrected chi connectivity index (χ0v) is 10.7. The van der Waals surface area contributed by atoms with Crippen molar-refractivity contribution in [1.29, 1.82) is 0 Å². The van der Waals surface area contributed by atoms with E-state index in [-0.39, 0.29) is 6.10 Å². The van der Waals surface area contributed by atoms with E-state index in [1.165, 1.54) is 25.8 Å². The molecule has 3 heteroatoms. The Morgan fingerprint density at radius 2 is 1.94 bits per heavy atom. The largest absolute Gasteiger partial charge is 0.391 e. The van der Waals surface area contributed by atoms with E-state index < -0.39 is 0 Å². The SMILES string of the molecule is CCN1CCN(C2CCCCC2O)CC1C. The van der Waals surface area contributed by atoms with Gasteiger partial charge in [0.25, 0.3) is 0 Å². The summed E-state index contributed by atoms with van der Waals surface area (Å²) in [4.78, 5) is 5.06. The van der Waals surface area contributed by atoms with Gasteiger partial charge in [0.05, 0.1) is 6.10 Å². The molecule has 1 aliphatic heterocycles. The third kappa shape index (κ3) is 2.58. The van der Waals surface area contributed by atoms with Gasteiger partial charge in [0, 0.05) is 31.7 Å². The predicted octanol–water partition coefficient (Wildman–Crippen LogP) is 1.32. The summed E-state index contributed by atoms with van der Waals surface area (Å²) < 4.78 is 0. The average Bonchev–Trinajstić information content (AvgIpc) is 2.29. The zero-order chi connectivity index (χ0) is 11.5. The van der Waals surface area contributed by atoms with Crippen LogP contribution in [-0.2, 0) is 0 Å². The van der Waals surface area contributed by atoms with Crippen molar-refractivity contribution in [3.05, 3.63) is 0 Å². The molecule has 2 rings (SSSR count). The Balaban J connectivity index is 1.90. The highest BCUT2D eigenvalue weighted by Gasteiger charge is 2.32. The molecule has 0 aromatic heterocycles. The minimum absolute atomic E-state index is 0.0749. The van der Waals surface area contributed by atoms with Crippen LogP contribution in [0.3, 0.4) is 0 Å². The van der Waals surface area contributed by atoms with Crippen molar-refractivity contribution in [1.82, 2.24) is 9.80 Å². The van der Waals surface area contributed by atoms with Gasteiger partial charge in [0.15, 0.2) is 0 Å². The fourth-order valence-electron chi connectivity index (χ4n) is 3.31. The molecule has 0 amide bonds. The molecule has 3 nitrogen and oxygen atoms in total. The van der Waals surface area contributed by atoms with E-state index >= 15 is 0 Å². The minimum atomic E-state index is -0.0749. The Bertz CT molecular complexity index is 222. The molecule has 2 aliphatic rings. The first-order valence-corrected chi connectivity index (χ1v) is 6.88. The number of hydrogen-bond acceptors (Lipinski definition) is 3. The Labute approximate surface area is 99.4 Å². The maximum absolute atomic E-state index is 10.1. The Kier molecular flexibility index (Phi) is 4.22. The lowest BCUT2D eigenvalue weighted by atomic mass is 9.90. The molecule has 0 aromatic carbocycles. The van der Waals surface area contributed by atoms with Crippen LogP contribution in [0.5, 0.6) is 0 Å². The van der Waals surface area contributed by atoms with Crippen molar-refractivity contribution >= 4 is 0 Å². The maximum atomic E-state index is 10.1. The van der Waals surface area contributed by atoms with Gasteiger partial charge in [0.1, 0.15) is 0 Å². The van der Waals surface area contributed by atoms with E-state index in [0.29, 0.717) is 12.1 Å². The van der Waals surface area contributed by atoms with Crippen molar-refractivity contribution in [3.8, 4) is 0 Å². The normalized spacial score (nSPS) is 38.8. The van der Waals surface area contributed by atoms with Crippen molar-refractivity contribution < 1.29 is 5.11 Å². The second kappa shape index (κ2) is 5.48. The monoisotopic (exact) mass is 226 g/mol. The van der Waals surface area contributed by atoms with Crippen LogP contribution >= 0.6 is 0 Å². The second-order valence-electron chi connectivity index (χ2n) is 5.39. The lowest BCUT2D eigenvalue weighted by molar-refractivity contribution is -0.0175. The third-order valence-electron chi connectivity index (χ3n) is 4.37. The van der Waals surface area contributed by atoms with Crippen LogP contribution in [0.25, 0.3) is 0 Å². The van der Waals surface area contributed by atoms with Crippen LogP contribution < -0.4 is 0 Å². The van der Waals surface area contributed by atoms with Crippen molar-refractivity contribution in [2.75, 3.05) is 26.2 Å². The molecular weight excluding hydrogens is 200 g/mol. The Morgan fingerprint density at radius 1 is 1.19 bits per heavy atom. The van der Waals surface area contributed by atoms with Crippen LogP contribution in [0, 0.1) is 0 Å². The van der Waals surface area contributed by atoms with Crippen molar-refractivity contribution in [2.24, 2.45) is 0 Å². The topological polar surface area (TPSA) is 26.7 Å². The number of aliphatic hydroxyl groups excluding tert-OH is 1. The van der Waals surface area contributed by atoms with Gasteiger partial charge in [-0.05, 0) is 26.3 Å². The van der Waals surface area contributed by atoms with Gasteiger partial charge in [0.2, 0.25) is 0 Å². The molecule has 0 spiro atoms. The van der Waals surface area contributed by atoms with Crippen molar-refractivity contribution in [2.45, 2.75) is 57.7 Å². The molecule has 0 radical (unpaired) electrons. The smallest absolute Gasteiger partial charge is 0.0695 e. The van der Waals surface area contributed by atoms with E-state index in [4.69, 9.17) is 0 Å². The summed E-state index contributed by atoms with van der Waals surface area (Å²) in [6.07, 6.45) is 4.63. The summed E-state index contributed by atoms with van der Waals surface area (Å²) in [5.41, 5.74) is 0. The van der Waals surface area contributed by atoms with Crippen LogP contribution in [0.15, 0.2) is 0 Å². The van der Waals surface area contributed by atoms with Crippen LogP contribution in [0.4, 0.5) is 0 Å². The number of aliphatic hydroxyl groups is 1. The number of rotatable bonds is 2. The fraction of sp³-hybridized carbons (Fsp3) is 1.00. The molecule has 1 saturated carbocycles. The van der Waals surface area contributed by atoms with Crippen molar-refractivity contribution in [3.63, 3.8) is 0 Å². The van der Waals surface area contributed by atoms with Crippen LogP contribution in [0.2, 0.25) is 0 Å². The molecular formula is C13H26N2O. The molecule has 1 saturated heterocycles. The molecule has 0 aromatic rings. The van der Waals surface area contributed by atoms with Gasteiger partial charge in [-0.15, -0.1) is 0 Å². The van der Waals surface area contributed by atoms with E-state index in [1.807, 2.05) is 0 Å². The number of nitrogens with zero attached hydrogens (tertiary/aromatic N) is 2. The van der Waals surface area contributed by atoms with Gasteiger partial charge in [-0.3, -0.25) is 9.80 Å². The summed E-state index contributed by atoms with van der Waals surface area (Å²) >= 11 is 0. The number of hydrogen-bond donors (Lipinski definition) is 1. The molecule has 1 N–H and O–H groups in total. The highest BCUT2D eigenvalue weighted by molar-refractivity contribution is 4.88. The first kappa shape index (κ1) is 12.3. The summed E-state index contributed by atoms with van der Waals surface area (Å²) in [7, 11) is 0. The van der Waals surface area contributed by atoms with Gasteiger partial charge in [-0.25, -0.2) is 0 Å². The Hall–Kier alpha value is -0.120. The van der Waals surface area contributed by atoms with Gasteiger partial charge >= 0.3 is 0 Å². The van der Waals surface area contributed by atoms with Gasteiger partial charge in [-0.1, -0.05) is 19.8 Å². The zero-order valence-electron chi connectivity index (χ0n) is 10.7. The Morgan fingerprint density at radius 3 is 2.56 bits per heavy atom.